The summed E-state index contributed by atoms with van der Waals surface area (Å²) in [5, 5.41) is 2.69. The summed E-state index contributed by atoms with van der Waals surface area (Å²) in [4.78, 5) is 11.8. The minimum Gasteiger partial charge on any atom is -0.348 e. The summed E-state index contributed by atoms with van der Waals surface area (Å²) in [5.74, 6) is -0.277. The molecule has 0 aliphatic carbocycles. The van der Waals surface area contributed by atoms with Crippen molar-refractivity contribution in [2.24, 2.45) is 5.73 Å². The van der Waals surface area contributed by atoms with E-state index in [1.807, 2.05) is 0 Å². The van der Waals surface area contributed by atoms with E-state index < -0.39 is 10.0 Å². The van der Waals surface area contributed by atoms with Gasteiger partial charge in [0.1, 0.15) is 0 Å². The minimum absolute atomic E-state index is 0.119. The second-order valence-electron chi connectivity index (χ2n) is 3.84. The Morgan fingerprint density at radius 1 is 1.33 bits per heavy atom. The summed E-state index contributed by atoms with van der Waals surface area (Å²) >= 11 is 0. The van der Waals surface area contributed by atoms with Crippen molar-refractivity contribution in [3.05, 3.63) is 29.8 Å². The molecule has 1 amide bonds. The van der Waals surface area contributed by atoms with Crippen molar-refractivity contribution >= 4 is 15.9 Å². The maximum Gasteiger partial charge on any atom is 0.251 e. The molecule has 100 valence electrons. The molecule has 4 N–H and O–H groups in total. The second-order valence-corrected chi connectivity index (χ2v) is 5.73. The van der Waals surface area contributed by atoms with Gasteiger partial charge in [0.05, 0.1) is 4.90 Å². The van der Waals surface area contributed by atoms with Crippen LogP contribution in [0.3, 0.4) is 0 Å². The first-order valence-corrected chi connectivity index (χ1v) is 6.93. The fourth-order valence-electron chi connectivity index (χ4n) is 1.27. The molecular weight excluding hydrogens is 254 g/mol. The molecule has 0 aliphatic rings. The average molecular weight is 271 g/mol. The first kappa shape index (κ1) is 14.6. The SMILES string of the molecule is CNS(=O)(=O)c1ccc(C(=O)N[C@@H](C)CN)cc1. The lowest BCUT2D eigenvalue weighted by molar-refractivity contribution is 0.0941. The molecule has 0 heterocycles. The number of rotatable bonds is 5. The highest BCUT2D eigenvalue weighted by molar-refractivity contribution is 7.89. The number of carbonyl (C=O) groups excluding carboxylic acids is 1. The zero-order chi connectivity index (χ0) is 13.8. The lowest BCUT2D eigenvalue weighted by Gasteiger charge is -2.11. The number of hydrogen-bond donors (Lipinski definition) is 3. The van der Waals surface area contributed by atoms with E-state index >= 15 is 0 Å². The molecule has 0 radical (unpaired) electrons. The highest BCUT2D eigenvalue weighted by atomic mass is 32.2. The third kappa shape index (κ3) is 3.52. The van der Waals surface area contributed by atoms with Gasteiger partial charge >= 0.3 is 0 Å². The quantitative estimate of drug-likeness (QED) is 0.682. The van der Waals surface area contributed by atoms with E-state index in [4.69, 9.17) is 5.73 Å². The van der Waals surface area contributed by atoms with Gasteiger partial charge in [-0.25, -0.2) is 13.1 Å². The first-order valence-electron chi connectivity index (χ1n) is 5.45. The number of nitrogens with one attached hydrogen (secondary N) is 2. The summed E-state index contributed by atoms with van der Waals surface area (Å²) in [6.45, 7) is 2.13. The number of sulfonamides is 1. The Kier molecular flexibility index (Phi) is 4.83. The molecule has 0 saturated heterocycles. The van der Waals surface area contributed by atoms with Crippen molar-refractivity contribution in [2.75, 3.05) is 13.6 Å². The molecule has 1 atom stereocenters. The summed E-state index contributed by atoms with van der Waals surface area (Å²) in [7, 11) is -2.14. The van der Waals surface area contributed by atoms with Gasteiger partial charge in [-0.2, -0.15) is 0 Å². The van der Waals surface area contributed by atoms with Crippen molar-refractivity contribution in [1.29, 1.82) is 0 Å². The largest absolute Gasteiger partial charge is 0.348 e. The van der Waals surface area contributed by atoms with Gasteiger partial charge in [-0.1, -0.05) is 0 Å². The van der Waals surface area contributed by atoms with Crippen LogP contribution in [0.2, 0.25) is 0 Å². The molecule has 0 saturated carbocycles. The van der Waals surface area contributed by atoms with E-state index in [-0.39, 0.29) is 16.8 Å². The van der Waals surface area contributed by atoms with Gasteiger partial charge in [-0.15, -0.1) is 0 Å². The molecule has 0 aliphatic heterocycles. The van der Waals surface area contributed by atoms with E-state index in [0.29, 0.717) is 12.1 Å². The maximum atomic E-state index is 11.7. The number of carbonyl (C=O) groups is 1. The lowest BCUT2D eigenvalue weighted by Crippen LogP contribution is -2.37. The van der Waals surface area contributed by atoms with E-state index in [9.17, 15) is 13.2 Å². The van der Waals surface area contributed by atoms with Gasteiger partial charge in [0, 0.05) is 18.2 Å². The Morgan fingerprint density at radius 2 is 1.89 bits per heavy atom. The third-order valence-electron chi connectivity index (χ3n) is 2.43. The molecule has 7 heteroatoms. The first-order chi connectivity index (χ1) is 8.40. The third-order valence-corrected chi connectivity index (χ3v) is 3.86. The van der Waals surface area contributed by atoms with Gasteiger partial charge in [-0.3, -0.25) is 4.79 Å². The highest BCUT2D eigenvalue weighted by Crippen LogP contribution is 2.10. The van der Waals surface area contributed by atoms with Gasteiger partial charge in [0.2, 0.25) is 10.0 Å². The Labute approximate surface area is 107 Å². The topological polar surface area (TPSA) is 101 Å². The van der Waals surface area contributed by atoms with Crippen LogP contribution in [0, 0.1) is 0 Å². The molecule has 1 aromatic carbocycles. The average Bonchev–Trinajstić information content (AvgIpc) is 2.38. The van der Waals surface area contributed by atoms with Crippen LogP contribution in [-0.4, -0.2) is 34.0 Å². The van der Waals surface area contributed by atoms with Crippen molar-refractivity contribution in [2.45, 2.75) is 17.9 Å². The molecule has 0 spiro atoms. The maximum absolute atomic E-state index is 11.7. The molecule has 18 heavy (non-hydrogen) atoms. The second kappa shape index (κ2) is 5.94. The number of benzene rings is 1. The summed E-state index contributed by atoms with van der Waals surface area (Å²) in [5.41, 5.74) is 5.79. The van der Waals surface area contributed by atoms with Crippen LogP contribution in [0.25, 0.3) is 0 Å². The number of hydrogen-bond acceptors (Lipinski definition) is 4. The summed E-state index contributed by atoms with van der Waals surface area (Å²) in [6.07, 6.45) is 0. The van der Waals surface area contributed by atoms with Crippen LogP contribution in [-0.2, 0) is 10.0 Å². The molecular formula is C11H17N3O3S. The molecule has 0 fully saturated rings. The van der Waals surface area contributed by atoms with Crippen molar-refractivity contribution in [1.82, 2.24) is 10.0 Å². The Balaban J connectivity index is 2.87. The molecule has 0 aromatic heterocycles. The van der Waals surface area contributed by atoms with Crippen molar-refractivity contribution in [3.8, 4) is 0 Å². The fourth-order valence-corrected chi connectivity index (χ4v) is 2.00. The van der Waals surface area contributed by atoms with Crippen LogP contribution >= 0.6 is 0 Å². The number of nitrogens with two attached hydrogens (primary N) is 1. The van der Waals surface area contributed by atoms with Crippen molar-refractivity contribution in [3.63, 3.8) is 0 Å². The highest BCUT2D eigenvalue weighted by Gasteiger charge is 2.13. The zero-order valence-electron chi connectivity index (χ0n) is 10.3. The van der Waals surface area contributed by atoms with Gasteiger partial charge in [-0.05, 0) is 38.2 Å². The van der Waals surface area contributed by atoms with Gasteiger partial charge in [0.25, 0.3) is 5.91 Å². The van der Waals surface area contributed by atoms with Crippen LogP contribution in [0.4, 0.5) is 0 Å². The van der Waals surface area contributed by atoms with Crippen LogP contribution in [0.15, 0.2) is 29.2 Å². The Hall–Kier alpha value is -1.44. The normalized spacial score (nSPS) is 13.1. The van der Waals surface area contributed by atoms with E-state index in [1.165, 1.54) is 31.3 Å². The summed E-state index contributed by atoms with van der Waals surface area (Å²) < 4.78 is 25.2. The summed E-state index contributed by atoms with van der Waals surface area (Å²) in [6, 6.07) is 5.56. The van der Waals surface area contributed by atoms with Crippen LogP contribution < -0.4 is 15.8 Å². The monoisotopic (exact) mass is 271 g/mol. The lowest BCUT2D eigenvalue weighted by atomic mass is 10.2. The van der Waals surface area contributed by atoms with Crippen LogP contribution in [0.5, 0.6) is 0 Å². The van der Waals surface area contributed by atoms with E-state index in [0.717, 1.165) is 0 Å². The molecule has 1 rings (SSSR count). The predicted octanol–water partition coefficient (Wildman–Crippen LogP) is -0.328. The van der Waals surface area contributed by atoms with E-state index in [2.05, 4.69) is 10.0 Å². The smallest absolute Gasteiger partial charge is 0.251 e. The minimum atomic E-state index is -3.47. The van der Waals surface area contributed by atoms with Crippen LogP contribution in [0.1, 0.15) is 17.3 Å². The molecule has 1 aromatic rings. The Bertz CT molecular complexity index is 511. The molecule has 0 unspecified atom stereocenters. The van der Waals surface area contributed by atoms with Gasteiger partial charge < -0.3 is 11.1 Å². The van der Waals surface area contributed by atoms with Crippen molar-refractivity contribution < 1.29 is 13.2 Å². The van der Waals surface area contributed by atoms with E-state index in [1.54, 1.807) is 6.92 Å². The predicted molar refractivity (Wildman–Crippen MR) is 68.7 cm³/mol. The standard InChI is InChI=1S/C11H17N3O3S/c1-8(7-12)14-11(15)9-3-5-10(6-4-9)18(16,17)13-2/h3-6,8,13H,7,12H2,1-2H3,(H,14,15)/t8-/m0/s1. The van der Waals surface area contributed by atoms with Gasteiger partial charge in [0.15, 0.2) is 0 Å². The Morgan fingerprint density at radius 3 is 2.33 bits per heavy atom. The zero-order valence-corrected chi connectivity index (χ0v) is 11.1. The fraction of sp³-hybridized carbons (Fsp3) is 0.364. The number of amides is 1. The molecule has 0 bridgehead atoms. The molecule has 6 nitrogen and oxygen atoms in total.